The maximum Gasteiger partial charge on any atom is 0.416 e. The average Bonchev–Trinajstić information content (AvgIpc) is 2.09. The van der Waals surface area contributed by atoms with Crippen molar-refractivity contribution in [1.29, 1.82) is 5.41 Å². The fraction of sp³-hybridized carbons (Fsp3) is 0.333. The van der Waals surface area contributed by atoms with Crippen LogP contribution in [-0.4, -0.2) is 11.3 Å². The minimum Gasteiger partial charge on any atom is -0.390 e. The number of nitrogens with one attached hydrogen (secondary N) is 1. The first-order valence-electron chi connectivity index (χ1n) is 4.04. The molecule has 0 saturated carbocycles. The van der Waals surface area contributed by atoms with Gasteiger partial charge in [0.2, 0.25) is 0 Å². The van der Waals surface area contributed by atoms with Crippen molar-refractivity contribution in [2.45, 2.75) is 20.0 Å². The van der Waals surface area contributed by atoms with Gasteiger partial charge in [-0.25, -0.2) is 0 Å². The summed E-state index contributed by atoms with van der Waals surface area (Å²) >= 11 is 0. The lowest BCUT2D eigenvalue weighted by Crippen LogP contribution is -2.08. The Hall–Kier alpha value is -1.59. The van der Waals surface area contributed by atoms with E-state index in [2.05, 4.69) is 10.7 Å². The van der Waals surface area contributed by atoms with E-state index in [0.717, 1.165) is 12.4 Å². The van der Waals surface area contributed by atoms with Crippen molar-refractivity contribution >= 4 is 6.34 Å². The van der Waals surface area contributed by atoms with E-state index in [-0.39, 0.29) is 5.56 Å². The zero-order chi connectivity index (χ0) is 12.1. The summed E-state index contributed by atoms with van der Waals surface area (Å²) in [5.74, 6) is 0. The Balaban J connectivity index is 0.000000583. The molecule has 0 unspecified atom stereocenters. The molecule has 0 aliphatic carbocycles. The summed E-state index contributed by atoms with van der Waals surface area (Å²) in [6, 6.07) is 0.988. The Kier molecular flexibility index (Phi) is 4.77. The number of nitrogens with zero attached hydrogens (tertiary/aromatic N) is 1. The summed E-state index contributed by atoms with van der Waals surface area (Å²) in [5.41, 5.74) is 4.41. The van der Waals surface area contributed by atoms with Gasteiger partial charge in [-0.3, -0.25) is 10.4 Å². The molecule has 84 valence electrons. The molecule has 0 saturated heterocycles. The van der Waals surface area contributed by atoms with Gasteiger partial charge >= 0.3 is 6.18 Å². The lowest BCUT2D eigenvalue weighted by Gasteiger charge is -2.10. The number of halogens is 3. The summed E-state index contributed by atoms with van der Waals surface area (Å²) in [7, 11) is 0. The fourth-order valence-electron chi connectivity index (χ4n) is 0.947. The molecular formula is C9H12F3N3. The van der Waals surface area contributed by atoms with Crippen molar-refractivity contribution in [3.63, 3.8) is 0 Å². The van der Waals surface area contributed by atoms with Gasteiger partial charge in [0.05, 0.1) is 11.9 Å². The summed E-state index contributed by atoms with van der Waals surface area (Å²) in [5, 5.41) is 5.86. The molecule has 0 bridgehead atoms. The molecular weight excluding hydrogens is 207 g/mol. The summed E-state index contributed by atoms with van der Waals surface area (Å²) < 4.78 is 36.6. The van der Waals surface area contributed by atoms with Crippen LogP contribution in [0.3, 0.4) is 0 Å². The van der Waals surface area contributed by atoms with Crippen molar-refractivity contribution < 1.29 is 13.2 Å². The Morgan fingerprint density at radius 3 is 2.20 bits per heavy atom. The quantitative estimate of drug-likeness (QED) is 0.519. The molecule has 0 fully saturated rings. The van der Waals surface area contributed by atoms with Crippen LogP contribution in [0.25, 0.3) is 0 Å². The Morgan fingerprint density at radius 1 is 1.40 bits per heavy atom. The largest absolute Gasteiger partial charge is 0.416 e. The SMILES string of the molecule is Cc1nccc(C(F)(F)F)c1C.N=CN. The van der Waals surface area contributed by atoms with E-state index in [1.807, 2.05) is 0 Å². The molecule has 0 aliphatic heterocycles. The van der Waals surface area contributed by atoms with E-state index in [9.17, 15) is 13.2 Å². The van der Waals surface area contributed by atoms with Crippen molar-refractivity contribution in [2.75, 3.05) is 0 Å². The highest BCUT2D eigenvalue weighted by atomic mass is 19.4. The summed E-state index contributed by atoms with van der Waals surface area (Å²) in [4.78, 5) is 3.75. The Labute approximate surface area is 85.6 Å². The number of pyridine rings is 1. The second kappa shape index (κ2) is 5.33. The van der Waals surface area contributed by atoms with Gasteiger partial charge in [-0.2, -0.15) is 13.2 Å². The molecule has 1 heterocycles. The number of alkyl halides is 3. The molecule has 3 N–H and O–H groups in total. The maximum absolute atomic E-state index is 12.2. The van der Waals surface area contributed by atoms with Crippen LogP contribution in [0.2, 0.25) is 0 Å². The fourth-order valence-corrected chi connectivity index (χ4v) is 0.947. The lowest BCUT2D eigenvalue weighted by atomic mass is 10.1. The third-order valence-electron chi connectivity index (χ3n) is 1.76. The van der Waals surface area contributed by atoms with Crippen LogP contribution in [0.1, 0.15) is 16.8 Å². The van der Waals surface area contributed by atoms with Crippen molar-refractivity contribution in [1.82, 2.24) is 4.98 Å². The van der Waals surface area contributed by atoms with Gasteiger partial charge in [0, 0.05) is 11.9 Å². The van der Waals surface area contributed by atoms with Crippen LogP contribution < -0.4 is 5.73 Å². The third kappa shape index (κ3) is 3.97. The topological polar surface area (TPSA) is 62.8 Å². The highest BCUT2D eigenvalue weighted by Gasteiger charge is 2.32. The predicted molar refractivity (Wildman–Crippen MR) is 51.7 cm³/mol. The standard InChI is InChI=1S/C8H8F3N.CH4N2/c1-5-6(2)12-4-3-7(5)8(9,10)11;2-1-3/h3-4H,1-2H3;1H,(H3,2,3). The second-order valence-electron chi connectivity index (χ2n) is 2.73. The van der Waals surface area contributed by atoms with Gasteiger partial charge < -0.3 is 5.73 Å². The van der Waals surface area contributed by atoms with E-state index in [1.54, 1.807) is 6.92 Å². The van der Waals surface area contributed by atoms with Gasteiger partial charge in [-0.15, -0.1) is 0 Å². The third-order valence-corrected chi connectivity index (χ3v) is 1.76. The number of nitrogens with two attached hydrogens (primary N) is 1. The predicted octanol–water partition coefficient (Wildman–Crippen LogP) is 2.27. The van der Waals surface area contributed by atoms with Gasteiger partial charge in [0.25, 0.3) is 0 Å². The van der Waals surface area contributed by atoms with Crippen LogP contribution in [-0.2, 0) is 6.18 Å². The van der Waals surface area contributed by atoms with Crippen LogP contribution >= 0.6 is 0 Å². The van der Waals surface area contributed by atoms with E-state index in [0.29, 0.717) is 5.69 Å². The van der Waals surface area contributed by atoms with E-state index >= 15 is 0 Å². The second-order valence-corrected chi connectivity index (χ2v) is 2.73. The van der Waals surface area contributed by atoms with Gasteiger partial charge in [0.1, 0.15) is 0 Å². The van der Waals surface area contributed by atoms with Crippen molar-refractivity contribution in [3.05, 3.63) is 29.1 Å². The summed E-state index contributed by atoms with van der Waals surface area (Å²) in [6.45, 7) is 2.98. The number of hydrogen-bond acceptors (Lipinski definition) is 2. The minimum absolute atomic E-state index is 0.199. The van der Waals surface area contributed by atoms with Crippen LogP contribution in [0.4, 0.5) is 13.2 Å². The highest BCUT2D eigenvalue weighted by molar-refractivity contribution is 5.46. The number of rotatable bonds is 0. The highest BCUT2D eigenvalue weighted by Crippen LogP contribution is 2.31. The lowest BCUT2D eigenvalue weighted by molar-refractivity contribution is -0.138. The first-order chi connectivity index (χ1) is 6.84. The molecule has 15 heavy (non-hydrogen) atoms. The van der Waals surface area contributed by atoms with Crippen molar-refractivity contribution in [3.8, 4) is 0 Å². The zero-order valence-corrected chi connectivity index (χ0v) is 8.39. The van der Waals surface area contributed by atoms with Crippen LogP contribution in [0.5, 0.6) is 0 Å². The van der Waals surface area contributed by atoms with Crippen LogP contribution in [0, 0.1) is 19.3 Å². The molecule has 1 rings (SSSR count). The molecule has 1 aromatic rings. The van der Waals surface area contributed by atoms with E-state index in [1.165, 1.54) is 13.1 Å². The molecule has 0 radical (unpaired) electrons. The number of aryl methyl sites for hydroxylation is 1. The van der Waals surface area contributed by atoms with Gasteiger partial charge in [-0.05, 0) is 25.5 Å². The smallest absolute Gasteiger partial charge is 0.390 e. The molecule has 6 heteroatoms. The summed E-state index contributed by atoms with van der Waals surface area (Å²) in [6.07, 6.45) is -2.34. The molecule has 1 aromatic heterocycles. The minimum atomic E-state index is -4.27. The number of hydrogen-bond donors (Lipinski definition) is 2. The molecule has 0 aromatic carbocycles. The average molecular weight is 219 g/mol. The molecule has 0 atom stereocenters. The monoisotopic (exact) mass is 219 g/mol. The van der Waals surface area contributed by atoms with E-state index < -0.39 is 11.7 Å². The van der Waals surface area contributed by atoms with E-state index in [4.69, 9.17) is 5.41 Å². The van der Waals surface area contributed by atoms with Gasteiger partial charge in [-0.1, -0.05) is 0 Å². The van der Waals surface area contributed by atoms with Gasteiger partial charge in [0.15, 0.2) is 0 Å². The molecule has 0 aliphatic rings. The molecule has 0 amide bonds. The normalized spacial score (nSPS) is 10.2. The first kappa shape index (κ1) is 13.4. The zero-order valence-electron chi connectivity index (χ0n) is 8.39. The van der Waals surface area contributed by atoms with Crippen molar-refractivity contribution in [2.24, 2.45) is 5.73 Å². The molecule has 0 spiro atoms. The van der Waals surface area contributed by atoms with Crippen LogP contribution in [0.15, 0.2) is 12.3 Å². The first-order valence-corrected chi connectivity index (χ1v) is 4.04. The Morgan fingerprint density at radius 2 is 1.87 bits per heavy atom. The molecule has 3 nitrogen and oxygen atoms in total. The maximum atomic E-state index is 12.2. The Bertz CT molecular complexity index is 334. The number of aromatic nitrogens is 1.